The monoisotopic (exact) mass is 373 g/mol. The van der Waals surface area contributed by atoms with E-state index in [1.807, 2.05) is 44.2 Å². The predicted octanol–water partition coefficient (Wildman–Crippen LogP) is 5.52. The average molecular weight is 373 g/mol. The second-order valence-corrected chi connectivity index (χ2v) is 6.08. The molecule has 27 heavy (non-hydrogen) atoms. The van der Waals surface area contributed by atoms with E-state index in [4.69, 9.17) is 0 Å². The van der Waals surface area contributed by atoms with E-state index < -0.39 is 6.36 Å². The number of hydrogen-bond acceptors (Lipinski definition) is 4. The van der Waals surface area contributed by atoms with Gasteiger partial charge in [0, 0.05) is 29.2 Å². The Hall–Kier alpha value is -3.09. The number of hydrogen-bond donors (Lipinski definition) is 1. The van der Waals surface area contributed by atoms with Gasteiger partial charge < -0.3 is 10.1 Å². The van der Waals surface area contributed by atoms with Crippen LogP contribution >= 0.6 is 0 Å². The Labute approximate surface area is 155 Å². The Balaban J connectivity index is 1.66. The minimum absolute atomic E-state index is 0.0917. The SMILES string of the molecule is Cc1ccnc(-c2ccc(N[C@H](C)c3ccc(OC(F)(F)F)cc3)cc2)n1. The zero-order valence-corrected chi connectivity index (χ0v) is 14.8. The highest BCUT2D eigenvalue weighted by atomic mass is 19.4. The maximum absolute atomic E-state index is 12.2. The molecule has 0 saturated heterocycles. The summed E-state index contributed by atoms with van der Waals surface area (Å²) in [6.45, 7) is 3.84. The highest BCUT2D eigenvalue weighted by molar-refractivity contribution is 5.60. The molecule has 3 rings (SSSR count). The van der Waals surface area contributed by atoms with Gasteiger partial charge in [0.2, 0.25) is 0 Å². The van der Waals surface area contributed by atoms with Crippen LogP contribution in [0.2, 0.25) is 0 Å². The van der Waals surface area contributed by atoms with E-state index in [0.717, 1.165) is 22.5 Å². The van der Waals surface area contributed by atoms with Crippen LogP contribution in [-0.4, -0.2) is 16.3 Å². The Morgan fingerprint density at radius 2 is 1.63 bits per heavy atom. The maximum atomic E-state index is 12.2. The van der Waals surface area contributed by atoms with Crippen molar-refractivity contribution in [3.63, 3.8) is 0 Å². The molecule has 4 nitrogen and oxygen atoms in total. The van der Waals surface area contributed by atoms with E-state index in [1.54, 1.807) is 18.3 Å². The Morgan fingerprint density at radius 3 is 2.22 bits per heavy atom. The standard InChI is InChI=1S/C20H18F3N3O/c1-13-11-12-24-19(25-13)16-3-7-17(8-4-16)26-14(2)15-5-9-18(10-6-15)27-20(21,22)23/h3-12,14,26H,1-2H3/t14-/m1/s1. The van der Waals surface area contributed by atoms with Crippen LogP contribution in [0.1, 0.15) is 24.2 Å². The number of anilines is 1. The molecule has 1 atom stereocenters. The fourth-order valence-electron chi connectivity index (χ4n) is 2.60. The molecule has 0 amide bonds. The van der Waals surface area contributed by atoms with Crippen LogP contribution in [0.3, 0.4) is 0 Å². The van der Waals surface area contributed by atoms with Crippen LogP contribution in [0.4, 0.5) is 18.9 Å². The van der Waals surface area contributed by atoms with Crippen LogP contribution in [0.25, 0.3) is 11.4 Å². The van der Waals surface area contributed by atoms with Crippen molar-refractivity contribution >= 4 is 5.69 Å². The molecule has 1 N–H and O–H groups in total. The highest BCUT2D eigenvalue weighted by Gasteiger charge is 2.31. The predicted molar refractivity (Wildman–Crippen MR) is 97.4 cm³/mol. The summed E-state index contributed by atoms with van der Waals surface area (Å²) in [6, 6.07) is 15.2. The zero-order valence-electron chi connectivity index (χ0n) is 14.8. The van der Waals surface area contributed by atoms with E-state index in [0.29, 0.717) is 5.82 Å². The molecule has 0 unspecified atom stereocenters. The lowest BCUT2D eigenvalue weighted by Crippen LogP contribution is -2.17. The molecular weight excluding hydrogens is 355 g/mol. The average Bonchev–Trinajstić information content (AvgIpc) is 2.61. The van der Waals surface area contributed by atoms with Gasteiger partial charge in [-0.3, -0.25) is 0 Å². The lowest BCUT2D eigenvalue weighted by atomic mass is 10.1. The summed E-state index contributed by atoms with van der Waals surface area (Å²) >= 11 is 0. The number of aryl methyl sites for hydroxylation is 1. The van der Waals surface area contributed by atoms with Gasteiger partial charge in [0.05, 0.1) is 0 Å². The Kier molecular flexibility index (Phi) is 5.30. The quantitative estimate of drug-likeness (QED) is 0.639. The first-order valence-corrected chi connectivity index (χ1v) is 8.32. The van der Waals surface area contributed by atoms with Gasteiger partial charge in [0.1, 0.15) is 5.75 Å². The molecule has 0 radical (unpaired) electrons. The zero-order chi connectivity index (χ0) is 19.4. The highest BCUT2D eigenvalue weighted by Crippen LogP contribution is 2.26. The second kappa shape index (κ2) is 7.65. The fourth-order valence-corrected chi connectivity index (χ4v) is 2.60. The molecule has 0 aliphatic carbocycles. The van der Waals surface area contributed by atoms with Crippen molar-refractivity contribution in [1.29, 1.82) is 0 Å². The van der Waals surface area contributed by atoms with Crippen molar-refractivity contribution in [3.8, 4) is 17.1 Å². The van der Waals surface area contributed by atoms with Crippen LogP contribution in [0, 0.1) is 6.92 Å². The summed E-state index contributed by atoms with van der Waals surface area (Å²) in [5.41, 5.74) is 3.53. The summed E-state index contributed by atoms with van der Waals surface area (Å²) in [7, 11) is 0. The molecule has 0 fully saturated rings. The van der Waals surface area contributed by atoms with Crippen molar-refractivity contribution in [1.82, 2.24) is 9.97 Å². The third-order valence-electron chi connectivity index (χ3n) is 3.93. The van der Waals surface area contributed by atoms with Gasteiger partial charge in [0.15, 0.2) is 5.82 Å². The van der Waals surface area contributed by atoms with E-state index in [2.05, 4.69) is 20.0 Å². The van der Waals surface area contributed by atoms with E-state index in [9.17, 15) is 13.2 Å². The molecule has 1 aromatic heterocycles. The topological polar surface area (TPSA) is 47.0 Å². The molecule has 1 heterocycles. The summed E-state index contributed by atoms with van der Waals surface area (Å²) in [5.74, 6) is 0.427. The first-order chi connectivity index (χ1) is 12.8. The third-order valence-corrected chi connectivity index (χ3v) is 3.93. The molecule has 3 aromatic rings. The molecular formula is C20H18F3N3O. The van der Waals surface area contributed by atoms with Gasteiger partial charge in [-0.25, -0.2) is 9.97 Å². The summed E-state index contributed by atoms with van der Waals surface area (Å²) < 4.78 is 40.6. The first kappa shape index (κ1) is 18.7. The second-order valence-electron chi connectivity index (χ2n) is 6.08. The molecule has 0 aliphatic heterocycles. The summed E-state index contributed by atoms with van der Waals surface area (Å²) in [6.07, 6.45) is -2.97. The number of aromatic nitrogens is 2. The lowest BCUT2D eigenvalue weighted by Gasteiger charge is -2.17. The number of benzene rings is 2. The van der Waals surface area contributed by atoms with Crippen molar-refractivity contribution in [2.24, 2.45) is 0 Å². The van der Waals surface area contributed by atoms with Crippen LogP contribution < -0.4 is 10.1 Å². The number of nitrogens with one attached hydrogen (secondary N) is 1. The Bertz CT molecular complexity index is 894. The number of ether oxygens (including phenoxy) is 1. The molecule has 2 aromatic carbocycles. The fraction of sp³-hybridized carbons (Fsp3) is 0.200. The maximum Gasteiger partial charge on any atom is 0.573 e. The smallest absolute Gasteiger partial charge is 0.406 e. The lowest BCUT2D eigenvalue weighted by molar-refractivity contribution is -0.274. The number of halogens is 3. The van der Waals surface area contributed by atoms with Gasteiger partial charge in [-0.1, -0.05) is 12.1 Å². The van der Waals surface area contributed by atoms with Crippen molar-refractivity contribution in [2.75, 3.05) is 5.32 Å². The van der Waals surface area contributed by atoms with Crippen LogP contribution in [0.15, 0.2) is 60.8 Å². The Morgan fingerprint density at radius 1 is 0.963 bits per heavy atom. The van der Waals surface area contributed by atoms with Gasteiger partial charge in [-0.2, -0.15) is 0 Å². The van der Waals surface area contributed by atoms with Crippen molar-refractivity contribution in [2.45, 2.75) is 26.3 Å². The normalized spacial score (nSPS) is 12.5. The number of nitrogens with zero attached hydrogens (tertiary/aromatic N) is 2. The van der Waals surface area contributed by atoms with Crippen molar-refractivity contribution in [3.05, 3.63) is 72.1 Å². The van der Waals surface area contributed by atoms with Gasteiger partial charge in [-0.05, 0) is 61.9 Å². The van der Waals surface area contributed by atoms with Gasteiger partial charge >= 0.3 is 6.36 Å². The van der Waals surface area contributed by atoms with Crippen molar-refractivity contribution < 1.29 is 17.9 Å². The van der Waals surface area contributed by atoms with Crippen LogP contribution in [0.5, 0.6) is 5.75 Å². The minimum Gasteiger partial charge on any atom is -0.406 e. The number of rotatable bonds is 5. The molecule has 0 bridgehead atoms. The number of alkyl halides is 3. The van der Waals surface area contributed by atoms with E-state index in [1.165, 1.54) is 12.1 Å². The molecule has 140 valence electrons. The minimum atomic E-state index is -4.69. The van der Waals surface area contributed by atoms with E-state index >= 15 is 0 Å². The van der Waals surface area contributed by atoms with Crippen LogP contribution in [-0.2, 0) is 0 Å². The first-order valence-electron chi connectivity index (χ1n) is 8.32. The largest absolute Gasteiger partial charge is 0.573 e. The summed E-state index contributed by atoms with van der Waals surface area (Å²) in [4.78, 5) is 8.65. The molecule has 0 spiro atoms. The molecule has 7 heteroatoms. The van der Waals surface area contributed by atoms with Gasteiger partial charge in [0.25, 0.3) is 0 Å². The molecule has 0 aliphatic rings. The summed E-state index contributed by atoms with van der Waals surface area (Å²) in [5, 5.41) is 3.31. The third kappa shape index (κ3) is 5.20. The van der Waals surface area contributed by atoms with Gasteiger partial charge in [-0.15, -0.1) is 13.2 Å². The van der Waals surface area contributed by atoms with E-state index in [-0.39, 0.29) is 11.8 Å². The molecule has 0 saturated carbocycles.